The first-order valence-electron chi connectivity index (χ1n) is 11.1. The van der Waals surface area contributed by atoms with E-state index in [0.717, 1.165) is 25.3 Å². The van der Waals surface area contributed by atoms with E-state index in [1.54, 1.807) is 4.90 Å². The van der Waals surface area contributed by atoms with Gasteiger partial charge in [0.15, 0.2) is 0 Å². The number of likely N-dealkylation sites (tertiary alicyclic amines) is 1. The molecule has 2 bridgehead atoms. The van der Waals surface area contributed by atoms with Crippen LogP contribution in [0.25, 0.3) is 0 Å². The fraction of sp³-hybridized carbons (Fsp3) is 0.727. The third-order valence-corrected chi connectivity index (χ3v) is 7.31. The lowest BCUT2D eigenvalue weighted by atomic mass is 9.81. The molecule has 1 unspecified atom stereocenters. The molecule has 0 radical (unpaired) electrons. The zero-order valence-corrected chi connectivity index (χ0v) is 16.2. The van der Waals surface area contributed by atoms with Crippen molar-refractivity contribution >= 4 is 11.6 Å². The molecule has 1 amide bonds. The van der Waals surface area contributed by atoms with Crippen LogP contribution in [0, 0.1) is 17.8 Å². The summed E-state index contributed by atoms with van der Waals surface area (Å²) in [6, 6.07) is 3.96. The molecule has 5 rings (SSSR count). The average Bonchev–Trinajstić information content (AvgIpc) is 3.50. The lowest BCUT2D eigenvalue weighted by Crippen LogP contribution is -3.15. The molecule has 146 valence electrons. The van der Waals surface area contributed by atoms with Crippen LogP contribution in [0.5, 0.6) is 0 Å². The van der Waals surface area contributed by atoms with E-state index >= 15 is 0 Å². The number of fused-ring (bicyclic) bond motifs is 4. The van der Waals surface area contributed by atoms with Gasteiger partial charge in [-0.2, -0.15) is 0 Å². The van der Waals surface area contributed by atoms with E-state index < -0.39 is 0 Å². The number of piperidine rings is 1. The molecule has 3 fully saturated rings. The number of hydrogen-bond donors (Lipinski definition) is 2. The molecular weight excluding hydrogens is 338 g/mol. The number of nitrogens with zero attached hydrogens (tertiary/aromatic N) is 1. The summed E-state index contributed by atoms with van der Waals surface area (Å²) >= 11 is 0. The van der Waals surface area contributed by atoms with Crippen molar-refractivity contribution in [2.24, 2.45) is 17.8 Å². The maximum atomic E-state index is 13.0. The van der Waals surface area contributed by atoms with Crippen LogP contribution in [-0.2, 0) is 11.3 Å². The molecule has 2 aliphatic carbocycles. The Labute approximate surface area is 161 Å². The van der Waals surface area contributed by atoms with Gasteiger partial charge >= 0.3 is 0 Å². The molecule has 0 aromatic carbocycles. The highest BCUT2D eigenvalue weighted by Crippen LogP contribution is 2.32. The number of rotatable bonds is 4. The molecule has 1 saturated heterocycles. The number of amides is 1. The number of pyridine rings is 1. The van der Waals surface area contributed by atoms with Crippen LogP contribution >= 0.6 is 0 Å². The highest BCUT2D eigenvalue weighted by molar-refractivity contribution is 5.93. The highest BCUT2D eigenvalue weighted by atomic mass is 16.2. The lowest BCUT2D eigenvalue weighted by molar-refractivity contribution is -0.914. The van der Waals surface area contributed by atoms with Crippen LogP contribution in [0.15, 0.2) is 16.9 Å². The van der Waals surface area contributed by atoms with Crippen LogP contribution in [-0.4, -0.2) is 30.1 Å². The second kappa shape index (κ2) is 7.08. The Balaban J connectivity index is 1.32. The second-order valence-corrected chi connectivity index (χ2v) is 9.52. The predicted molar refractivity (Wildman–Crippen MR) is 105 cm³/mol. The molecule has 3 atom stereocenters. The van der Waals surface area contributed by atoms with E-state index in [2.05, 4.69) is 11.4 Å². The average molecular weight is 371 g/mol. The quantitative estimate of drug-likeness (QED) is 0.849. The van der Waals surface area contributed by atoms with Crippen LogP contribution in [0.1, 0.15) is 63.0 Å². The van der Waals surface area contributed by atoms with Crippen LogP contribution in [0.2, 0.25) is 0 Å². The molecule has 4 aliphatic rings. The zero-order valence-electron chi connectivity index (χ0n) is 16.2. The SMILES string of the molecule is O=C(Nc1ccc2n(c1=O)C[C@H]1C[C@@H]2C[NH+](CC2CCCCC2)C1)C1CC1. The number of quaternary nitrogens is 1. The normalized spacial score (nSPS) is 30.6. The molecule has 27 heavy (non-hydrogen) atoms. The van der Waals surface area contributed by atoms with E-state index in [0.29, 0.717) is 17.5 Å². The number of carbonyl (C=O) groups excluding carboxylic acids is 1. The van der Waals surface area contributed by atoms with Crippen LogP contribution in [0.3, 0.4) is 0 Å². The fourth-order valence-corrected chi connectivity index (χ4v) is 5.81. The first kappa shape index (κ1) is 17.5. The maximum Gasteiger partial charge on any atom is 0.274 e. The minimum atomic E-state index is 0.00642. The molecule has 5 nitrogen and oxygen atoms in total. The first-order chi connectivity index (χ1) is 13.2. The standard InChI is InChI=1S/C22H31N3O2/c26-21(17-6-7-17)23-19-8-9-20-18-10-16(13-25(20)22(19)27)12-24(14-18)11-15-4-2-1-3-5-15/h8-9,15-18H,1-7,10-14H2,(H,23,26)/p+1/t16-,18+/m0/s1. The Morgan fingerprint density at radius 3 is 2.70 bits per heavy atom. The first-order valence-corrected chi connectivity index (χ1v) is 11.1. The molecule has 2 N–H and O–H groups in total. The van der Waals surface area contributed by atoms with E-state index in [-0.39, 0.29) is 17.4 Å². The molecular formula is C22H32N3O2+. The summed E-state index contributed by atoms with van der Waals surface area (Å²) in [5.74, 6) is 2.15. The summed E-state index contributed by atoms with van der Waals surface area (Å²) in [5.41, 5.74) is 1.68. The summed E-state index contributed by atoms with van der Waals surface area (Å²) < 4.78 is 1.97. The Morgan fingerprint density at radius 1 is 1.11 bits per heavy atom. The summed E-state index contributed by atoms with van der Waals surface area (Å²) in [6.45, 7) is 4.52. The van der Waals surface area contributed by atoms with Crippen molar-refractivity contribution in [1.82, 2.24) is 4.57 Å². The van der Waals surface area contributed by atoms with Gasteiger partial charge in [0.1, 0.15) is 5.69 Å². The molecule has 3 heterocycles. The smallest absolute Gasteiger partial charge is 0.274 e. The summed E-state index contributed by atoms with van der Waals surface area (Å²) in [6.07, 6.45) is 10.2. The van der Waals surface area contributed by atoms with Crippen molar-refractivity contribution < 1.29 is 9.69 Å². The molecule has 2 aliphatic heterocycles. The van der Waals surface area contributed by atoms with E-state index in [1.807, 2.05) is 10.6 Å². The van der Waals surface area contributed by atoms with Crippen LogP contribution < -0.4 is 15.8 Å². The summed E-state index contributed by atoms with van der Waals surface area (Å²) in [7, 11) is 0. The van der Waals surface area contributed by atoms with Crippen molar-refractivity contribution in [2.45, 2.75) is 63.8 Å². The van der Waals surface area contributed by atoms with Crippen molar-refractivity contribution in [3.05, 3.63) is 28.2 Å². The molecule has 5 heteroatoms. The van der Waals surface area contributed by atoms with Gasteiger partial charge in [0.2, 0.25) is 5.91 Å². The minimum Gasteiger partial charge on any atom is -0.334 e. The van der Waals surface area contributed by atoms with E-state index in [1.165, 1.54) is 63.9 Å². The van der Waals surface area contributed by atoms with Gasteiger partial charge in [-0.1, -0.05) is 19.3 Å². The predicted octanol–water partition coefficient (Wildman–Crippen LogP) is 1.78. The van der Waals surface area contributed by atoms with Gasteiger partial charge in [-0.25, -0.2) is 0 Å². The largest absolute Gasteiger partial charge is 0.334 e. The zero-order chi connectivity index (χ0) is 18.4. The van der Waals surface area contributed by atoms with Gasteiger partial charge in [-0.05, 0) is 44.2 Å². The van der Waals surface area contributed by atoms with Gasteiger partial charge in [-0.15, -0.1) is 0 Å². The van der Waals surface area contributed by atoms with E-state index in [9.17, 15) is 9.59 Å². The van der Waals surface area contributed by atoms with Crippen LogP contribution in [0.4, 0.5) is 5.69 Å². The monoisotopic (exact) mass is 370 g/mol. The highest BCUT2D eigenvalue weighted by Gasteiger charge is 2.38. The molecule has 1 aromatic rings. The molecule has 2 saturated carbocycles. The van der Waals surface area contributed by atoms with E-state index in [4.69, 9.17) is 0 Å². The number of nitrogens with one attached hydrogen (secondary N) is 2. The van der Waals surface area contributed by atoms with Crippen molar-refractivity contribution in [3.63, 3.8) is 0 Å². The Kier molecular flexibility index (Phi) is 4.58. The van der Waals surface area contributed by atoms with Crippen molar-refractivity contribution in [1.29, 1.82) is 0 Å². The minimum absolute atomic E-state index is 0.00642. The number of aromatic nitrogens is 1. The van der Waals surface area contributed by atoms with Gasteiger partial charge in [0.05, 0.1) is 19.6 Å². The Hall–Kier alpha value is -1.62. The number of carbonyl (C=O) groups is 1. The second-order valence-electron chi connectivity index (χ2n) is 9.52. The molecule has 0 spiro atoms. The lowest BCUT2D eigenvalue weighted by Gasteiger charge is -2.41. The number of hydrogen-bond acceptors (Lipinski definition) is 2. The van der Waals surface area contributed by atoms with Gasteiger partial charge in [-0.3, -0.25) is 9.59 Å². The van der Waals surface area contributed by atoms with Gasteiger partial charge in [0, 0.05) is 35.9 Å². The summed E-state index contributed by atoms with van der Waals surface area (Å²) in [4.78, 5) is 26.8. The topological polar surface area (TPSA) is 55.5 Å². The van der Waals surface area contributed by atoms with Crippen molar-refractivity contribution in [3.8, 4) is 0 Å². The third kappa shape index (κ3) is 3.58. The Bertz CT molecular complexity index is 776. The van der Waals surface area contributed by atoms with Gasteiger partial charge in [0.25, 0.3) is 5.56 Å². The fourth-order valence-electron chi connectivity index (χ4n) is 5.81. The van der Waals surface area contributed by atoms with Gasteiger partial charge < -0.3 is 14.8 Å². The summed E-state index contributed by atoms with van der Waals surface area (Å²) in [5, 5.41) is 2.87. The third-order valence-electron chi connectivity index (χ3n) is 7.31. The maximum absolute atomic E-state index is 13.0. The number of anilines is 1. The Morgan fingerprint density at radius 2 is 1.93 bits per heavy atom. The molecule has 1 aromatic heterocycles. The van der Waals surface area contributed by atoms with Crippen molar-refractivity contribution in [2.75, 3.05) is 25.0 Å².